The number of nitrogens with zero attached hydrogens (tertiary/aromatic N) is 3. The van der Waals surface area contributed by atoms with Gasteiger partial charge in [-0.1, -0.05) is 11.6 Å². The number of nitrogens with one attached hydrogen (secondary N) is 1. The Morgan fingerprint density at radius 2 is 1.90 bits per heavy atom. The van der Waals surface area contributed by atoms with Crippen molar-refractivity contribution in [3.05, 3.63) is 59.1 Å². The molecule has 1 aromatic heterocycles. The molecular weight excluding hydrogens is 449 g/mol. The molecule has 3 N–H and O–H groups in total. The lowest BCUT2D eigenvalue weighted by atomic mass is 10.1. The van der Waals surface area contributed by atoms with Gasteiger partial charge in [0.2, 0.25) is 15.9 Å². The first kappa shape index (κ1) is 23.1. The molecule has 1 aliphatic rings. The molecule has 1 aromatic carbocycles. The van der Waals surface area contributed by atoms with E-state index in [1.807, 2.05) is 0 Å². The van der Waals surface area contributed by atoms with E-state index in [2.05, 4.69) is 10.3 Å². The number of carbonyl (C=O) groups is 2. The first-order chi connectivity index (χ1) is 14.7. The zero-order valence-corrected chi connectivity index (χ0v) is 17.9. The van der Waals surface area contributed by atoms with Gasteiger partial charge in [0.15, 0.2) is 0 Å². The van der Waals surface area contributed by atoms with Gasteiger partial charge < -0.3 is 16.0 Å². The predicted molar refractivity (Wildman–Crippen MR) is 111 cm³/mol. The predicted octanol–water partition coefficient (Wildman–Crippen LogP) is 0.464. The Balaban J connectivity index is 1.87. The van der Waals surface area contributed by atoms with E-state index in [9.17, 15) is 22.4 Å². The van der Waals surface area contributed by atoms with Crippen molar-refractivity contribution in [2.45, 2.75) is 10.9 Å². The highest BCUT2D eigenvalue weighted by Crippen LogP contribution is 2.22. The Morgan fingerprint density at radius 3 is 2.52 bits per heavy atom. The largest absolute Gasteiger partial charge is 0.353 e. The van der Waals surface area contributed by atoms with Crippen molar-refractivity contribution in [3.63, 3.8) is 0 Å². The summed E-state index contributed by atoms with van der Waals surface area (Å²) in [7, 11) is -3.99. The second kappa shape index (κ2) is 9.69. The highest BCUT2D eigenvalue weighted by atomic mass is 35.5. The van der Waals surface area contributed by atoms with E-state index in [0.29, 0.717) is 0 Å². The number of amides is 2. The molecule has 0 spiro atoms. The van der Waals surface area contributed by atoms with Crippen LogP contribution in [0.3, 0.4) is 0 Å². The number of rotatable bonds is 6. The summed E-state index contributed by atoms with van der Waals surface area (Å²) in [5, 5.41) is 2.81. The molecule has 166 valence electrons. The SMILES string of the molecule is NCCNC(=O)C1CN(S(=O)(=O)c2ccc(F)cc2)CCN1C(=O)c1ccc(Cl)nc1. The van der Waals surface area contributed by atoms with Crippen LogP contribution in [0.15, 0.2) is 47.5 Å². The second-order valence-corrected chi connectivity index (χ2v) is 9.11. The van der Waals surface area contributed by atoms with Gasteiger partial charge in [0.05, 0.1) is 10.5 Å². The smallest absolute Gasteiger partial charge is 0.256 e. The number of halogens is 2. The monoisotopic (exact) mass is 469 g/mol. The molecule has 1 saturated heterocycles. The molecule has 3 rings (SSSR count). The van der Waals surface area contributed by atoms with E-state index >= 15 is 0 Å². The van der Waals surface area contributed by atoms with Crippen molar-refractivity contribution >= 4 is 33.4 Å². The molecule has 12 heteroatoms. The van der Waals surface area contributed by atoms with Crippen molar-refractivity contribution < 1.29 is 22.4 Å². The Kier molecular flexibility index (Phi) is 7.21. The highest BCUT2D eigenvalue weighted by Gasteiger charge is 2.40. The number of aromatic nitrogens is 1. The van der Waals surface area contributed by atoms with Crippen LogP contribution in [0.1, 0.15) is 10.4 Å². The molecule has 0 bridgehead atoms. The Bertz CT molecular complexity index is 1050. The van der Waals surface area contributed by atoms with Crippen molar-refractivity contribution in [1.29, 1.82) is 0 Å². The average molecular weight is 470 g/mol. The van der Waals surface area contributed by atoms with Gasteiger partial charge in [-0.05, 0) is 36.4 Å². The van der Waals surface area contributed by atoms with Crippen LogP contribution in [0, 0.1) is 5.82 Å². The zero-order chi connectivity index (χ0) is 22.6. The number of carbonyl (C=O) groups excluding carboxylic acids is 2. The van der Waals surface area contributed by atoms with Gasteiger partial charge in [0, 0.05) is 38.9 Å². The topological polar surface area (TPSA) is 126 Å². The standard InChI is InChI=1S/C19H21ClFN5O4S/c20-17-6-1-13(11-24-17)19(28)26-10-9-25(12-16(26)18(27)23-8-7-22)31(29,30)15-4-2-14(21)3-5-15/h1-6,11,16H,7-10,12,22H2,(H,23,27). The van der Waals surface area contributed by atoms with E-state index in [4.69, 9.17) is 17.3 Å². The fraction of sp³-hybridized carbons (Fsp3) is 0.316. The first-order valence-electron chi connectivity index (χ1n) is 9.40. The van der Waals surface area contributed by atoms with E-state index < -0.39 is 33.7 Å². The average Bonchev–Trinajstić information content (AvgIpc) is 2.77. The molecule has 1 atom stereocenters. The molecular formula is C19H21ClFN5O4S. The molecule has 1 fully saturated rings. The highest BCUT2D eigenvalue weighted by molar-refractivity contribution is 7.89. The number of nitrogens with two attached hydrogens (primary N) is 1. The number of sulfonamides is 1. The van der Waals surface area contributed by atoms with Gasteiger partial charge in [-0.2, -0.15) is 4.31 Å². The number of pyridine rings is 1. The van der Waals surface area contributed by atoms with Gasteiger partial charge in [-0.3, -0.25) is 9.59 Å². The number of hydrogen-bond acceptors (Lipinski definition) is 6. The zero-order valence-electron chi connectivity index (χ0n) is 16.4. The summed E-state index contributed by atoms with van der Waals surface area (Å²) in [4.78, 5) is 30.8. The molecule has 2 aromatic rings. The summed E-state index contributed by atoms with van der Waals surface area (Å²) in [5.74, 6) is -1.57. The normalized spacial score (nSPS) is 17.4. The van der Waals surface area contributed by atoms with Crippen LogP contribution < -0.4 is 11.1 Å². The minimum Gasteiger partial charge on any atom is -0.353 e. The van der Waals surface area contributed by atoms with Gasteiger partial charge in [-0.25, -0.2) is 17.8 Å². The van der Waals surface area contributed by atoms with E-state index in [1.165, 1.54) is 23.2 Å². The lowest BCUT2D eigenvalue weighted by Gasteiger charge is -2.39. The maximum absolute atomic E-state index is 13.2. The summed E-state index contributed by atoms with van der Waals surface area (Å²) in [6.07, 6.45) is 1.29. The fourth-order valence-electron chi connectivity index (χ4n) is 3.18. The third-order valence-electron chi connectivity index (χ3n) is 4.78. The molecule has 1 unspecified atom stereocenters. The quantitative estimate of drug-likeness (QED) is 0.592. The Labute approximate surface area is 184 Å². The first-order valence-corrected chi connectivity index (χ1v) is 11.2. The van der Waals surface area contributed by atoms with Crippen molar-refractivity contribution in [3.8, 4) is 0 Å². The van der Waals surface area contributed by atoms with E-state index in [1.54, 1.807) is 0 Å². The Morgan fingerprint density at radius 1 is 1.19 bits per heavy atom. The molecule has 0 aliphatic carbocycles. The second-order valence-electron chi connectivity index (χ2n) is 6.78. The molecule has 9 nitrogen and oxygen atoms in total. The van der Waals surface area contributed by atoms with Crippen LogP contribution in [0.25, 0.3) is 0 Å². The van der Waals surface area contributed by atoms with Gasteiger partial charge in [-0.15, -0.1) is 0 Å². The molecule has 1 aliphatic heterocycles. The van der Waals surface area contributed by atoms with Crippen LogP contribution >= 0.6 is 11.6 Å². The maximum atomic E-state index is 13.2. The fourth-order valence-corrected chi connectivity index (χ4v) is 4.73. The lowest BCUT2D eigenvalue weighted by Crippen LogP contribution is -2.61. The van der Waals surface area contributed by atoms with Crippen molar-refractivity contribution in [2.75, 3.05) is 32.7 Å². The van der Waals surface area contributed by atoms with Gasteiger partial charge in [0.25, 0.3) is 5.91 Å². The van der Waals surface area contributed by atoms with Crippen LogP contribution in [-0.2, 0) is 14.8 Å². The van der Waals surface area contributed by atoms with Crippen LogP contribution in [-0.4, -0.2) is 73.2 Å². The van der Waals surface area contributed by atoms with Crippen molar-refractivity contribution in [1.82, 2.24) is 19.5 Å². The third kappa shape index (κ3) is 5.18. The van der Waals surface area contributed by atoms with Gasteiger partial charge >= 0.3 is 0 Å². The van der Waals surface area contributed by atoms with Crippen LogP contribution in [0.5, 0.6) is 0 Å². The maximum Gasteiger partial charge on any atom is 0.256 e. The summed E-state index contributed by atoms with van der Waals surface area (Å²) in [6.45, 7) is 0.0360. The number of benzene rings is 1. The summed E-state index contributed by atoms with van der Waals surface area (Å²) >= 11 is 5.77. The van der Waals surface area contributed by atoms with Gasteiger partial charge in [0.1, 0.15) is 17.0 Å². The van der Waals surface area contributed by atoms with Crippen molar-refractivity contribution in [2.24, 2.45) is 5.73 Å². The van der Waals surface area contributed by atoms with Crippen LogP contribution in [0.2, 0.25) is 5.15 Å². The molecule has 2 heterocycles. The van der Waals surface area contributed by atoms with E-state index in [-0.39, 0.29) is 48.3 Å². The lowest BCUT2D eigenvalue weighted by molar-refractivity contribution is -0.126. The molecule has 0 saturated carbocycles. The Hall–Kier alpha value is -2.60. The number of hydrogen-bond donors (Lipinski definition) is 2. The minimum absolute atomic E-state index is 0.0252. The summed E-state index contributed by atoms with van der Waals surface area (Å²) < 4.78 is 40.3. The summed E-state index contributed by atoms with van der Waals surface area (Å²) in [5.41, 5.74) is 5.66. The molecule has 2 amide bonds. The molecule has 0 radical (unpaired) electrons. The minimum atomic E-state index is -3.99. The summed E-state index contributed by atoms with van der Waals surface area (Å²) in [6, 6.07) is 6.26. The third-order valence-corrected chi connectivity index (χ3v) is 6.88. The number of piperazine rings is 1. The molecule has 31 heavy (non-hydrogen) atoms. The van der Waals surface area contributed by atoms with E-state index in [0.717, 1.165) is 28.6 Å². The van der Waals surface area contributed by atoms with Crippen LogP contribution in [0.4, 0.5) is 4.39 Å².